The highest BCUT2D eigenvalue weighted by Gasteiger charge is 2.28. The highest BCUT2D eigenvalue weighted by molar-refractivity contribution is 5.74. The van der Waals surface area contributed by atoms with E-state index in [1.54, 1.807) is 18.5 Å². The summed E-state index contributed by atoms with van der Waals surface area (Å²) in [5.74, 6) is -0.363. The summed E-state index contributed by atoms with van der Waals surface area (Å²) in [4.78, 5) is 19.2. The fourth-order valence-corrected chi connectivity index (χ4v) is 1.98. The molecule has 0 aliphatic rings. The number of hydrogen-bond donors (Lipinski definition) is 3. The topological polar surface area (TPSA) is 95.3 Å². The molecule has 6 nitrogen and oxygen atoms in total. The second-order valence-electron chi connectivity index (χ2n) is 4.63. The van der Waals surface area contributed by atoms with Gasteiger partial charge in [-0.15, -0.1) is 0 Å². The molecule has 1 aromatic rings. The number of aliphatic hydroxyl groups excluding tert-OH is 1. The number of nitrogens with one attached hydrogen (secondary N) is 1. The lowest BCUT2D eigenvalue weighted by Crippen LogP contribution is -2.47. The molecule has 19 heavy (non-hydrogen) atoms. The number of aliphatic carboxylic acids is 1. The first-order chi connectivity index (χ1) is 9.06. The van der Waals surface area contributed by atoms with Gasteiger partial charge in [-0.3, -0.25) is 4.79 Å². The van der Waals surface area contributed by atoms with Crippen molar-refractivity contribution < 1.29 is 15.0 Å². The molecule has 0 spiro atoms. The van der Waals surface area contributed by atoms with E-state index in [1.165, 1.54) is 7.05 Å². The standard InChI is InChI=1S/C13H21N3O3/c1-9(12(17)11(14-2)13(18)19)5-3-6-10-15-7-4-8-16-10/h4,7-9,11-12,14,17H,3,5-6H2,1-2H3,(H,18,19). The van der Waals surface area contributed by atoms with E-state index in [4.69, 9.17) is 5.11 Å². The molecule has 0 aromatic carbocycles. The first-order valence-electron chi connectivity index (χ1n) is 6.40. The van der Waals surface area contributed by atoms with Crippen LogP contribution in [0.15, 0.2) is 18.5 Å². The van der Waals surface area contributed by atoms with Crippen LogP contribution < -0.4 is 5.32 Å². The minimum absolute atomic E-state index is 0.0998. The Balaban J connectivity index is 2.38. The number of carboxylic acids is 1. The molecule has 3 unspecified atom stereocenters. The van der Waals surface area contributed by atoms with Crippen LogP contribution in [0.2, 0.25) is 0 Å². The van der Waals surface area contributed by atoms with Gasteiger partial charge >= 0.3 is 5.97 Å². The first-order valence-corrected chi connectivity index (χ1v) is 6.40. The summed E-state index contributed by atoms with van der Waals surface area (Å²) < 4.78 is 0. The lowest BCUT2D eigenvalue weighted by molar-refractivity contribution is -0.143. The van der Waals surface area contributed by atoms with Crippen LogP contribution in [0.5, 0.6) is 0 Å². The zero-order chi connectivity index (χ0) is 14.3. The van der Waals surface area contributed by atoms with Gasteiger partial charge in [-0.2, -0.15) is 0 Å². The van der Waals surface area contributed by atoms with Crippen molar-refractivity contribution in [2.45, 2.75) is 38.3 Å². The lowest BCUT2D eigenvalue weighted by Gasteiger charge is -2.24. The largest absolute Gasteiger partial charge is 0.480 e. The molecular formula is C13H21N3O3. The monoisotopic (exact) mass is 267 g/mol. The van der Waals surface area contributed by atoms with Crippen LogP contribution in [0.3, 0.4) is 0 Å². The van der Waals surface area contributed by atoms with Crippen molar-refractivity contribution in [3.63, 3.8) is 0 Å². The normalized spacial score (nSPS) is 15.7. The van der Waals surface area contributed by atoms with E-state index in [0.29, 0.717) is 0 Å². The fraction of sp³-hybridized carbons (Fsp3) is 0.615. The second kappa shape index (κ2) is 7.81. The Hall–Kier alpha value is -1.53. The van der Waals surface area contributed by atoms with Crippen molar-refractivity contribution in [3.8, 4) is 0 Å². The van der Waals surface area contributed by atoms with Crippen molar-refractivity contribution in [1.82, 2.24) is 15.3 Å². The maximum atomic E-state index is 10.9. The van der Waals surface area contributed by atoms with Crippen molar-refractivity contribution in [1.29, 1.82) is 0 Å². The molecule has 0 saturated heterocycles. The smallest absolute Gasteiger partial charge is 0.323 e. The van der Waals surface area contributed by atoms with Crippen molar-refractivity contribution in [3.05, 3.63) is 24.3 Å². The molecule has 3 atom stereocenters. The van der Waals surface area contributed by atoms with Gasteiger partial charge in [0.25, 0.3) is 0 Å². The molecule has 6 heteroatoms. The predicted molar refractivity (Wildman–Crippen MR) is 70.6 cm³/mol. The average Bonchev–Trinajstić information content (AvgIpc) is 2.40. The molecule has 0 fully saturated rings. The van der Waals surface area contributed by atoms with Gasteiger partial charge in [0.05, 0.1) is 6.10 Å². The van der Waals surface area contributed by atoms with E-state index in [-0.39, 0.29) is 5.92 Å². The molecule has 106 valence electrons. The number of nitrogens with zero attached hydrogens (tertiary/aromatic N) is 2. The minimum atomic E-state index is -1.03. The SMILES string of the molecule is CNC(C(=O)O)C(O)C(C)CCCc1ncccn1. The fourth-order valence-electron chi connectivity index (χ4n) is 1.98. The van der Waals surface area contributed by atoms with Gasteiger partial charge in [-0.05, 0) is 31.9 Å². The summed E-state index contributed by atoms with van der Waals surface area (Å²) in [6.45, 7) is 1.85. The van der Waals surface area contributed by atoms with Gasteiger partial charge in [0.15, 0.2) is 0 Å². The summed E-state index contributed by atoms with van der Waals surface area (Å²) in [5, 5.41) is 21.5. The molecular weight excluding hydrogens is 246 g/mol. The second-order valence-corrected chi connectivity index (χ2v) is 4.63. The Labute approximate surface area is 112 Å². The van der Waals surface area contributed by atoms with Crippen molar-refractivity contribution >= 4 is 5.97 Å². The number of rotatable bonds is 8. The van der Waals surface area contributed by atoms with Crippen LogP contribution in [-0.2, 0) is 11.2 Å². The van der Waals surface area contributed by atoms with Gasteiger partial charge < -0.3 is 15.5 Å². The number of hydrogen-bond acceptors (Lipinski definition) is 5. The number of carbonyl (C=O) groups is 1. The summed E-state index contributed by atoms with van der Waals surface area (Å²) in [5.41, 5.74) is 0. The predicted octanol–water partition coefficient (Wildman–Crippen LogP) is 0.469. The third-order valence-corrected chi connectivity index (χ3v) is 3.18. The average molecular weight is 267 g/mol. The Morgan fingerprint density at radius 3 is 2.58 bits per heavy atom. The molecule has 0 aliphatic carbocycles. The summed E-state index contributed by atoms with van der Waals surface area (Å²) in [6, 6.07) is 0.836. The molecule has 0 radical (unpaired) electrons. The minimum Gasteiger partial charge on any atom is -0.480 e. The van der Waals surface area contributed by atoms with Gasteiger partial charge in [0.2, 0.25) is 0 Å². The molecule has 0 bridgehead atoms. The summed E-state index contributed by atoms with van der Waals surface area (Å²) in [7, 11) is 1.53. The van der Waals surface area contributed by atoms with E-state index < -0.39 is 18.1 Å². The van der Waals surface area contributed by atoms with E-state index in [1.807, 2.05) is 6.92 Å². The molecule has 1 heterocycles. The molecule has 1 rings (SSSR count). The van der Waals surface area contributed by atoms with Gasteiger partial charge in [0, 0.05) is 18.8 Å². The summed E-state index contributed by atoms with van der Waals surface area (Å²) in [6.07, 6.45) is 4.77. The number of aromatic nitrogens is 2. The van der Waals surface area contributed by atoms with Crippen LogP contribution in [-0.4, -0.2) is 45.3 Å². The number of aryl methyl sites for hydroxylation is 1. The van der Waals surface area contributed by atoms with E-state index in [9.17, 15) is 9.90 Å². The maximum absolute atomic E-state index is 10.9. The lowest BCUT2D eigenvalue weighted by atomic mass is 9.93. The van der Waals surface area contributed by atoms with Crippen LogP contribution in [0.4, 0.5) is 0 Å². The molecule has 0 aliphatic heterocycles. The van der Waals surface area contributed by atoms with Gasteiger partial charge in [0.1, 0.15) is 11.9 Å². The van der Waals surface area contributed by atoms with E-state index in [0.717, 1.165) is 25.1 Å². The third-order valence-electron chi connectivity index (χ3n) is 3.18. The Morgan fingerprint density at radius 1 is 1.42 bits per heavy atom. The number of likely N-dealkylation sites (N-methyl/N-ethyl adjacent to an activating group) is 1. The number of aliphatic hydroxyl groups is 1. The quantitative estimate of drug-likeness (QED) is 0.633. The molecule has 1 aromatic heterocycles. The van der Waals surface area contributed by atoms with Gasteiger partial charge in [-0.25, -0.2) is 9.97 Å². The Morgan fingerprint density at radius 2 is 2.05 bits per heavy atom. The maximum Gasteiger partial charge on any atom is 0.323 e. The molecule has 0 saturated carbocycles. The zero-order valence-corrected chi connectivity index (χ0v) is 11.3. The van der Waals surface area contributed by atoms with Crippen molar-refractivity contribution in [2.24, 2.45) is 5.92 Å². The highest BCUT2D eigenvalue weighted by atomic mass is 16.4. The highest BCUT2D eigenvalue weighted by Crippen LogP contribution is 2.15. The Kier molecular flexibility index (Phi) is 6.38. The van der Waals surface area contributed by atoms with E-state index in [2.05, 4.69) is 15.3 Å². The van der Waals surface area contributed by atoms with Crippen molar-refractivity contribution in [2.75, 3.05) is 7.05 Å². The van der Waals surface area contributed by atoms with Crippen LogP contribution in [0.1, 0.15) is 25.6 Å². The van der Waals surface area contributed by atoms with Crippen LogP contribution >= 0.6 is 0 Å². The van der Waals surface area contributed by atoms with Crippen LogP contribution in [0.25, 0.3) is 0 Å². The third kappa shape index (κ3) is 4.92. The van der Waals surface area contributed by atoms with Crippen LogP contribution in [0, 0.1) is 5.92 Å². The zero-order valence-electron chi connectivity index (χ0n) is 11.3. The number of carboxylic acid groups (broad SMARTS) is 1. The molecule has 3 N–H and O–H groups in total. The summed E-state index contributed by atoms with van der Waals surface area (Å²) >= 11 is 0. The van der Waals surface area contributed by atoms with Gasteiger partial charge in [-0.1, -0.05) is 6.92 Å². The first kappa shape index (κ1) is 15.5. The van der Waals surface area contributed by atoms with E-state index >= 15 is 0 Å². The Bertz CT molecular complexity index is 386. The molecule has 0 amide bonds.